The second kappa shape index (κ2) is 8.85. The third-order valence-electron chi connectivity index (χ3n) is 5.60. The van der Waals surface area contributed by atoms with Crippen LogP contribution in [0.5, 0.6) is 0 Å². The number of benzene rings is 1. The lowest BCUT2D eigenvalue weighted by atomic mass is 9.85. The van der Waals surface area contributed by atoms with E-state index in [9.17, 15) is 13.2 Å². The van der Waals surface area contributed by atoms with Crippen LogP contribution >= 0.6 is 11.6 Å². The highest BCUT2D eigenvalue weighted by Gasteiger charge is 2.36. The van der Waals surface area contributed by atoms with Gasteiger partial charge in [0, 0.05) is 30.6 Å². The van der Waals surface area contributed by atoms with Crippen molar-refractivity contribution in [2.45, 2.75) is 45.1 Å². The maximum absolute atomic E-state index is 12.9. The molecule has 3 rings (SSSR count). The number of carbonyl (C=O) groups excluding carboxylic acids is 1. The minimum Gasteiger partial charge on any atom is -0.360 e. The summed E-state index contributed by atoms with van der Waals surface area (Å²) in [5.41, 5.74) is 1.24. The third-order valence-corrected chi connectivity index (χ3v) is 8.11. The van der Waals surface area contributed by atoms with Gasteiger partial charge in [-0.05, 0) is 44.2 Å². The number of nitrogens with zero attached hydrogens (tertiary/aromatic N) is 2. The molecule has 1 aliphatic heterocycles. The molecule has 0 unspecified atom stereocenters. The van der Waals surface area contributed by atoms with Gasteiger partial charge in [0.05, 0.1) is 0 Å². The maximum atomic E-state index is 12.9. The predicted octanol–water partition coefficient (Wildman–Crippen LogP) is 3.30. The van der Waals surface area contributed by atoms with Crippen molar-refractivity contribution in [2.24, 2.45) is 11.8 Å². The first-order chi connectivity index (χ1) is 13.7. The lowest BCUT2D eigenvalue weighted by molar-refractivity contribution is -0.126. The molecule has 2 aromatic rings. The minimum absolute atomic E-state index is 0.0445. The van der Waals surface area contributed by atoms with Crippen molar-refractivity contribution in [3.05, 3.63) is 46.3 Å². The van der Waals surface area contributed by atoms with Crippen LogP contribution in [-0.2, 0) is 21.4 Å². The normalized spacial score (nSPS) is 17.2. The second-order valence-corrected chi connectivity index (χ2v) is 9.77. The molecule has 1 amide bonds. The summed E-state index contributed by atoms with van der Waals surface area (Å²) in [5.74, 6) is 0.174. The average Bonchev–Trinajstić information content (AvgIpc) is 3.05. The highest BCUT2D eigenvalue weighted by Crippen LogP contribution is 2.30. The van der Waals surface area contributed by atoms with Crippen molar-refractivity contribution in [3.8, 4) is 0 Å². The second-order valence-electron chi connectivity index (χ2n) is 7.49. The van der Waals surface area contributed by atoms with E-state index in [1.807, 2.05) is 25.1 Å². The fraction of sp³-hybridized carbons (Fsp3) is 0.500. The van der Waals surface area contributed by atoms with Crippen LogP contribution in [-0.4, -0.2) is 36.9 Å². The molecule has 1 fully saturated rings. The Morgan fingerprint density at radius 1 is 1.31 bits per heavy atom. The highest BCUT2D eigenvalue weighted by molar-refractivity contribution is 7.89. The number of hydrogen-bond donors (Lipinski definition) is 1. The molecule has 1 aromatic heterocycles. The van der Waals surface area contributed by atoms with Crippen LogP contribution in [0.1, 0.15) is 36.8 Å². The lowest BCUT2D eigenvalue weighted by Gasteiger charge is -2.33. The molecule has 1 saturated heterocycles. The van der Waals surface area contributed by atoms with Crippen LogP contribution in [0.4, 0.5) is 0 Å². The zero-order valence-electron chi connectivity index (χ0n) is 16.8. The van der Waals surface area contributed by atoms with E-state index in [0.29, 0.717) is 49.0 Å². The molecule has 158 valence electrons. The van der Waals surface area contributed by atoms with Crippen LogP contribution in [0.3, 0.4) is 0 Å². The molecular formula is C20H26ClN3O4S. The fourth-order valence-electron chi connectivity index (χ4n) is 3.79. The van der Waals surface area contributed by atoms with Crippen LogP contribution < -0.4 is 5.32 Å². The molecule has 1 aliphatic rings. The van der Waals surface area contributed by atoms with Gasteiger partial charge in [0.25, 0.3) is 0 Å². The van der Waals surface area contributed by atoms with E-state index >= 15 is 0 Å². The van der Waals surface area contributed by atoms with E-state index in [1.165, 1.54) is 4.31 Å². The first-order valence-electron chi connectivity index (χ1n) is 9.66. The standard InChI is InChI=1S/C20H26ClN3O4S/c1-13(20(25)22-12-17-6-4-5-7-18(17)21)16-8-10-24(11-9-16)29(26,27)19-14(2)23-28-15(19)3/h4-7,13,16H,8-12H2,1-3H3,(H,22,25)/t13-/m0/s1. The number of hydrogen-bond acceptors (Lipinski definition) is 5. The molecule has 0 radical (unpaired) electrons. The molecule has 9 heteroatoms. The van der Waals surface area contributed by atoms with Gasteiger partial charge in [0.2, 0.25) is 15.9 Å². The smallest absolute Gasteiger partial charge is 0.248 e. The summed E-state index contributed by atoms with van der Waals surface area (Å²) in [7, 11) is -3.64. The van der Waals surface area contributed by atoms with Crippen molar-refractivity contribution in [1.29, 1.82) is 0 Å². The van der Waals surface area contributed by atoms with Gasteiger partial charge in [-0.1, -0.05) is 41.9 Å². The molecule has 1 N–H and O–H groups in total. The van der Waals surface area contributed by atoms with Crippen LogP contribution in [0, 0.1) is 25.7 Å². The molecule has 7 nitrogen and oxygen atoms in total. The van der Waals surface area contributed by atoms with E-state index in [4.69, 9.17) is 16.1 Å². The Morgan fingerprint density at radius 2 is 1.97 bits per heavy atom. The summed E-state index contributed by atoms with van der Waals surface area (Å²) in [6.07, 6.45) is 1.26. The molecule has 2 heterocycles. The van der Waals surface area contributed by atoms with Crippen molar-refractivity contribution in [3.63, 3.8) is 0 Å². The molecular weight excluding hydrogens is 414 g/mol. The van der Waals surface area contributed by atoms with Crippen molar-refractivity contribution < 1.29 is 17.7 Å². The van der Waals surface area contributed by atoms with Gasteiger partial charge in [-0.25, -0.2) is 8.42 Å². The molecule has 0 spiro atoms. The van der Waals surface area contributed by atoms with Gasteiger partial charge < -0.3 is 9.84 Å². The van der Waals surface area contributed by atoms with Gasteiger partial charge >= 0.3 is 0 Å². The molecule has 0 bridgehead atoms. The Balaban J connectivity index is 1.57. The summed E-state index contributed by atoms with van der Waals surface area (Å²) in [5, 5.41) is 7.32. The number of piperidine rings is 1. The van der Waals surface area contributed by atoms with Crippen LogP contribution in [0.25, 0.3) is 0 Å². The van der Waals surface area contributed by atoms with Crippen molar-refractivity contribution >= 4 is 27.5 Å². The number of sulfonamides is 1. The quantitative estimate of drug-likeness (QED) is 0.745. The number of aryl methyl sites for hydroxylation is 2. The Bertz CT molecular complexity index is 962. The Kier molecular flexibility index (Phi) is 6.65. The topological polar surface area (TPSA) is 92.5 Å². The van der Waals surface area contributed by atoms with Crippen molar-refractivity contribution in [1.82, 2.24) is 14.8 Å². The van der Waals surface area contributed by atoms with Gasteiger partial charge in [0.15, 0.2) is 5.76 Å². The van der Waals surface area contributed by atoms with Crippen LogP contribution in [0.15, 0.2) is 33.7 Å². The Morgan fingerprint density at radius 3 is 2.55 bits per heavy atom. The van der Waals surface area contributed by atoms with E-state index in [-0.39, 0.29) is 22.6 Å². The summed E-state index contributed by atoms with van der Waals surface area (Å²) in [4.78, 5) is 12.7. The minimum atomic E-state index is -3.64. The summed E-state index contributed by atoms with van der Waals surface area (Å²) in [6, 6.07) is 7.40. The zero-order chi connectivity index (χ0) is 21.2. The maximum Gasteiger partial charge on any atom is 0.248 e. The van der Waals surface area contributed by atoms with Crippen LogP contribution in [0.2, 0.25) is 5.02 Å². The Labute approximate surface area is 176 Å². The van der Waals surface area contributed by atoms with E-state index in [1.54, 1.807) is 19.9 Å². The van der Waals surface area contributed by atoms with E-state index < -0.39 is 10.0 Å². The largest absolute Gasteiger partial charge is 0.360 e. The SMILES string of the molecule is Cc1noc(C)c1S(=O)(=O)N1CCC([C@H](C)C(=O)NCc2ccccc2Cl)CC1. The lowest BCUT2D eigenvalue weighted by Crippen LogP contribution is -2.42. The predicted molar refractivity (Wildman–Crippen MR) is 110 cm³/mol. The molecule has 0 saturated carbocycles. The monoisotopic (exact) mass is 439 g/mol. The van der Waals surface area contributed by atoms with Gasteiger partial charge in [-0.15, -0.1) is 0 Å². The zero-order valence-corrected chi connectivity index (χ0v) is 18.4. The average molecular weight is 440 g/mol. The first kappa shape index (κ1) is 21.8. The number of rotatable bonds is 6. The summed E-state index contributed by atoms with van der Waals surface area (Å²) < 4.78 is 32.3. The Hall–Kier alpha value is -1.90. The fourth-order valence-corrected chi connectivity index (χ4v) is 5.75. The van der Waals surface area contributed by atoms with Gasteiger partial charge in [-0.3, -0.25) is 4.79 Å². The van der Waals surface area contributed by atoms with Gasteiger partial charge in [0.1, 0.15) is 10.6 Å². The molecule has 1 atom stereocenters. The van der Waals surface area contributed by atoms with Gasteiger partial charge in [-0.2, -0.15) is 4.31 Å². The summed E-state index contributed by atoms with van der Waals surface area (Å²) >= 11 is 6.13. The third kappa shape index (κ3) is 4.65. The highest BCUT2D eigenvalue weighted by atomic mass is 35.5. The first-order valence-corrected chi connectivity index (χ1v) is 11.5. The molecule has 29 heavy (non-hydrogen) atoms. The summed E-state index contributed by atoms with van der Waals surface area (Å²) in [6.45, 7) is 6.25. The number of amides is 1. The molecule has 0 aliphatic carbocycles. The van der Waals surface area contributed by atoms with E-state index in [0.717, 1.165) is 5.56 Å². The number of nitrogens with one attached hydrogen (secondary N) is 1. The number of aromatic nitrogens is 1. The molecule has 1 aromatic carbocycles. The van der Waals surface area contributed by atoms with E-state index in [2.05, 4.69) is 10.5 Å². The number of halogens is 1. The van der Waals surface area contributed by atoms with Crippen molar-refractivity contribution in [2.75, 3.05) is 13.1 Å². The number of carbonyl (C=O) groups is 1.